The fraction of sp³-hybridized carbons (Fsp3) is 0.394. The van der Waals surface area contributed by atoms with Crippen molar-refractivity contribution in [1.82, 2.24) is 0 Å². The zero-order chi connectivity index (χ0) is 27.2. The van der Waals surface area contributed by atoms with E-state index in [1.54, 1.807) is 24.3 Å². The molecule has 0 N–H and O–H groups in total. The third-order valence-corrected chi connectivity index (χ3v) is 6.28. The predicted molar refractivity (Wildman–Crippen MR) is 152 cm³/mol. The summed E-state index contributed by atoms with van der Waals surface area (Å²) in [5.74, 6) is 1.11. The van der Waals surface area contributed by atoms with Gasteiger partial charge >= 0.3 is 11.9 Å². The predicted octanol–water partition coefficient (Wildman–Crippen LogP) is 8.05. The van der Waals surface area contributed by atoms with E-state index in [-0.39, 0.29) is 18.4 Å². The Morgan fingerprint density at radius 1 is 0.737 bits per heavy atom. The average molecular weight is 517 g/mol. The van der Waals surface area contributed by atoms with E-state index in [9.17, 15) is 9.59 Å². The van der Waals surface area contributed by atoms with Crippen LogP contribution in [0.3, 0.4) is 0 Å². The van der Waals surface area contributed by atoms with Gasteiger partial charge < -0.3 is 14.2 Å². The van der Waals surface area contributed by atoms with Gasteiger partial charge in [0.15, 0.2) is 0 Å². The van der Waals surface area contributed by atoms with Gasteiger partial charge in [-0.05, 0) is 78.3 Å². The van der Waals surface area contributed by atoms with Crippen LogP contribution < -0.4 is 9.47 Å². The Bertz CT molecular complexity index is 1120. The maximum absolute atomic E-state index is 12.3. The minimum absolute atomic E-state index is 0.267. The number of aryl methyl sites for hydroxylation is 1. The van der Waals surface area contributed by atoms with E-state index in [2.05, 4.69) is 45.0 Å². The molecule has 0 atom stereocenters. The largest absolute Gasteiger partial charge is 0.494 e. The van der Waals surface area contributed by atoms with Crippen molar-refractivity contribution in [1.29, 1.82) is 0 Å². The van der Waals surface area contributed by atoms with Crippen molar-refractivity contribution < 1.29 is 23.8 Å². The van der Waals surface area contributed by atoms with Crippen molar-refractivity contribution in [3.05, 3.63) is 83.9 Å². The molecule has 0 heterocycles. The quantitative estimate of drug-likeness (QED) is 0.116. The van der Waals surface area contributed by atoms with Crippen LogP contribution in [0.4, 0.5) is 0 Å². The summed E-state index contributed by atoms with van der Waals surface area (Å²) in [5, 5.41) is 0. The van der Waals surface area contributed by atoms with Crippen molar-refractivity contribution in [2.24, 2.45) is 5.92 Å². The normalized spacial score (nSPS) is 10.8. The molecule has 0 amide bonds. The molecule has 3 aromatic carbocycles. The van der Waals surface area contributed by atoms with Gasteiger partial charge in [-0.3, -0.25) is 4.79 Å². The lowest BCUT2D eigenvalue weighted by atomic mass is 10.0. The molecule has 0 aromatic heterocycles. The number of benzene rings is 3. The Kier molecular flexibility index (Phi) is 11.9. The Hall–Kier alpha value is -3.60. The summed E-state index contributed by atoms with van der Waals surface area (Å²) in [6.45, 7) is 7.53. The van der Waals surface area contributed by atoms with Crippen molar-refractivity contribution in [3.8, 4) is 22.6 Å². The highest BCUT2D eigenvalue weighted by Gasteiger charge is 2.10. The van der Waals surface area contributed by atoms with Crippen molar-refractivity contribution >= 4 is 11.9 Å². The summed E-state index contributed by atoms with van der Waals surface area (Å²) in [6, 6.07) is 22.9. The first-order valence-electron chi connectivity index (χ1n) is 13.7. The van der Waals surface area contributed by atoms with E-state index in [1.165, 1.54) is 19.3 Å². The highest BCUT2D eigenvalue weighted by Crippen LogP contribution is 2.23. The third kappa shape index (κ3) is 10.0. The van der Waals surface area contributed by atoms with E-state index in [4.69, 9.17) is 14.2 Å². The minimum atomic E-state index is -0.367. The number of unbranched alkanes of at least 4 members (excludes halogenated alkanes) is 3. The van der Waals surface area contributed by atoms with E-state index in [1.807, 2.05) is 24.3 Å². The first-order valence-corrected chi connectivity index (χ1v) is 13.7. The van der Waals surface area contributed by atoms with Crippen LogP contribution in [-0.2, 0) is 16.0 Å². The molecule has 0 unspecified atom stereocenters. The van der Waals surface area contributed by atoms with Crippen LogP contribution in [0.5, 0.6) is 11.5 Å². The molecule has 0 fully saturated rings. The number of ether oxygens (including phenoxy) is 3. The number of carbonyl (C=O) groups excluding carboxylic acids is 2. The highest BCUT2D eigenvalue weighted by atomic mass is 16.5. The van der Waals surface area contributed by atoms with Gasteiger partial charge in [-0.15, -0.1) is 0 Å². The molecule has 0 aliphatic rings. The first kappa shape index (κ1) is 29.0. The number of hydrogen-bond acceptors (Lipinski definition) is 5. The van der Waals surface area contributed by atoms with Gasteiger partial charge in [0, 0.05) is 6.42 Å². The number of rotatable bonds is 15. The number of hydrogen-bond donors (Lipinski definition) is 0. The lowest BCUT2D eigenvalue weighted by molar-refractivity contribution is -0.134. The Balaban J connectivity index is 1.41. The number of esters is 2. The third-order valence-electron chi connectivity index (χ3n) is 6.28. The Labute approximate surface area is 227 Å². The molecule has 3 rings (SSSR count). The van der Waals surface area contributed by atoms with Crippen LogP contribution in [-0.4, -0.2) is 25.2 Å². The second-order valence-electron chi connectivity index (χ2n) is 9.95. The summed E-state index contributed by atoms with van der Waals surface area (Å²) in [4.78, 5) is 24.4. The molecule has 0 aliphatic heterocycles. The van der Waals surface area contributed by atoms with Crippen LogP contribution >= 0.6 is 0 Å². The maximum Gasteiger partial charge on any atom is 0.338 e. The summed E-state index contributed by atoms with van der Waals surface area (Å²) >= 11 is 0. The zero-order valence-electron chi connectivity index (χ0n) is 22.9. The summed E-state index contributed by atoms with van der Waals surface area (Å²) in [5.41, 5.74) is 3.76. The van der Waals surface area contributed by atoms with Gasteiger partial charge in [0.25, 0.3) is 0 Å². The SMILES string of the molecule is CCCCCCOc1ccc(-c2ccc(CCC(=O)Oc3ccc(C(=O)OCCC(C)C)cc3)cc2)cc1. The van der Waals surface area contributed by atoms with Gasteiger partial charge in [0.1, 0.15) is 11.5 Å². The topological polar surface area (TPSA) is 61.8 Å². The molecule has 0 saturated heterocycles. The highest BCUT2D eigenvalue weighted by molar-refractivity contribution is 5.89. The molecule has 0 saturated carbocycles. The molecule has 0 bridgehead atoms. The van der Waals surface area contributed by atoms with E-state index >= 15 is 0 Å². The Morgan fingerprint density at radius 3 is 2.00 bits per heavy atom. The van der Waals surface area contributed by atoms with Crippen LogP contribution in [0, 0.1) is 5.92 Å². The Morgan fingerprint density at radius 2 is 1.37 bits per heavy atom. The summed E-state index contributed by atoms with van der Waals surface area (Å²) in [7, 11) is 0. The average Bonchev–Trinajstić information content (AvgIpc) is 2.92. The molecule has 38 heavy (non-hydrogen) atoms. The molecule has 0 aliphatic carbocycles. The fourth-order valence-corrected chi connectivity index (χ4v) is 3.88. The molecule has 3 aromatic rings. The molecule has 0 spiro atoms. The monoisotopic (exact) mass is 516 g/mol. The molecular weight excluding hydrogens is 476 g/mol. The minimum Gasteiger partial charge on any atom is -0.494 e. The first-order chi connectivity index (χ1) is 18.4. The van der Waals surface area contributed by atoms with Gasteiger partial charge in [-0.25, -0.2) is 4.79 Å². The molecule has 202 valence electrons. The molecule has 0 radical (unpaired) electrons. The van der Waals surface area contributed by atoms with Gasteiger partial charge in [-0.2, -0.15) is 0 Å². The van der Waals surface area contributed by atoms with Gasteiger partial charge in [0.05, 0.1) is 18.8 Å². The van der Waals surface area contributed by atoms with Crippen molar-refractivity contribution in [2.75, 3.05) is 13.2 Å². The lowest BCUT2D eigenvalue weighted by Gasteiger charge is -2.09. The van der Waals surface area contributed by atoms with E-state index in [0.717, 1.165) is 41.9 Å². The maximum atomic E-state index is 12.3. The molecular formula is C33H40O5. The smallest absolute Gasteiger partial charge is 0.338 e. The zero-order valence-corrected chi connectivity index (χ0v) is 22.9. The second-order valence-corrected chi connectivity index (χ2v) is 9.95. The fourth-order valence-electron chi connectivity index (χ4n) is 3.88. The molecule has 5 nitrogen and oxygen atoms in total. The van der Waals surface area contributed by atoms with E-state index < -0.39 is 0 Å². The van der Waals surface area contributed by atoms with Crippen LogP contribution in [0.2, 0.25) is 0 Å². The van der Waals surface area contributed by atoms with Gasteiger partial charge in [0.2, 0.25) is 0 Å². The van der Waals surface area contributed by atoms with Crippen molar-refractivity contribution in [2.45, 2.75) is 65.7 Å². The summed E-state index contributed by atoms with van der Waals surface area (Å²) < 4.78 is 16.5. The molecule has 5 heteroatoms. The van der Waals surface area contributed by atoms with Crippen LogP contribution in [0.25, 0.3) is 11.1 Å². The van der Waals surface area contributed by atoms with Crippen molar-refractivity contribution in [3.63, 3.8) is 0 Å². The summed E-state index contributed by atoms with van der Waals surface area (Å²) in [6.07, 6.45) is 6.46. The number of carbonyl (C=O) groups is 2. The van der Waals surface area contributed by atoms with Crippen LogP contribution in [0.1, 0.15) is 75.2 Å². The second kappa shape index (κ2) is 15.6. The standard InChI is InChI=1S/C33H40O5/c1-4-5-6-7-23-36-30-17-13-28(14-18-30)27-11-8-26(9-12-27)10-21-32(34)38-31-19-15-29(16-20-31)33(35)37-24-22-25(2)3/h8-9,11-20,25H,4-7,10,21-24H2,1-3H3. The lowest BCUT2D eigenvalue weighted by Crippen LogP contribution is -2.10. The van der Waals surface area contributed by atoms with E-state index in [0.29, 0.717) is 30.3 Å². The van der Waals surface area contributed by atoms with Crippen LogP contribution in [0.15, 0.2) is 72.8 Å². The van der Waals surface area contributed by atoms with Gasteiger partial charge in [-0.1, -0.05) is 76.4 Å².